The minimum Gasteiger partial charge on any atom is -0.504 e. The Morgan fingerprint density at radius 1 is 1.25 bits per heavy atom. The van der Waals surface area contributed by atoms with Crippen LogP contribution in [0.5, 0.6) is 11.5 Å². The number of hydrogen-bond acceptors (Lipinski definition) is 3. The van der Waals surface area contributed by atoms with Crippen LogP contribution in [0.15, 0.2) is 18.2 Å². The molecule has 0 unspecified atom stereocenters. The molecule has 2 N–H and O–H groups in total. The van der Waals surface area contributed by atoms with E-state index in [0.29, 0.717) is 11.8 Å². The third kappa shape index (κ3) is 4.14. The fraction of sp³-hybridized carbons (Fsp3) is 0.647. The monoisotopic (exact) mass is 277 g/mol. The van der Waals surface area contributed by atoms with Crippen LogP contribution in [0.4, 0.5) is 0 Å². The minimum atomic E-state index is 0.202. The van der Waals surface area contributed by atoms with E-state index in [2.05, 4.69) is 12.2 Å². The van der Waals surface area contributed by atoms with Crippen LogP contribution in [-0.4, -0.2) is 18.3 Å². The molecule has 1 atom stereocenters. The fourth-order valence-corrected chi connectivity index (χ4v) is 3.09. The highest BCUT2D eigenvalue weighted by molar-refractivity contribution is 5.41. The van der Waals surface area contributed by atoms with Gasteiger partial charge in [-0.15, -0.1) is 0 Å². The van der Waals surface area contributed by atoms with Crippen LogP contribution < -0.4 is 10.1 Å². The predicted molar refractivity (Wildman–Crippen MR) is 82.2 cm³/mol. The predicted octanol–water partition coefficient (Wildman–Crippen LogP) is 3.85. The van der Waals surface area contributed by atoms with Crippen molar-refractivity contribution in [1.82, 2.24) is 5.32 Å². The van der Waals surface area contributed by atoms with E-state index >= 15 is 0 Å². The van der Waals surface area contributed by atoms with Crippen LogP contribution in [0.3, 0.4) is 0 Å². The van der Waals surface area contributed by atoms with Gasteiger partial charge in [0.25, 0.3) is 0 Å². The lowest BCUT2D eigenvalue weighted by molar-refractivity contribution is 0.336. The maximum atomic E-state index is 9.60. The first kappa shape index (κ1) is 15.2. The largest absolute Gasteiger partial charge is 0.504 e. The molecule has 112 valence electrons. The summed E-state index contributed by atoms with van der Waals surface area (Å²) in [6, 6.07) is 6.10. The molecular weight excluding hydrogens is 250 g/mol. The molecule has 1 aromatic rings. The summed E-state index contributed by atoms with van der Waals surface area (Å²) in [4.78, 5) is 0. The van der Waals surface area contributed by atoms with Gasteiger partial charge in [-0.3, -0.25) is 0 Å². The Bertz CT molecular complexity index is 411. The quantitative estimate of drug-likeness (QED) is 0.803. The molecule has 0 aromatic heterocycles. The van der Waals surface area contributed by atoms with Crippen LogP contribution in [-0.2, 0) is 6.54 Å². The fourth-order valence-electron chi connectivity index (χ4n) is 3.09. The molecule has 1 fully saturated rings. The Kier molecular flexibility index (Phi) is 5.72. The minimum absolute atomic E-state index is 0.202. The molecule has 0 spiro atoms. The van der Waals surface area contributed by atoms with Gasteiger partial charge in [-0.2, -0.15) is 0 Å². The van der Waals surface area contributed by atoms with E-state index in [1.165, 1.54) is 38.5 Å². The van der Waals surface area contributed by atoms with E-state index in [9.17, 15) is 5.11 Å². The maximum absolute atomic E-state index is 9.60. The summed E-state index contributed by atoms with van der Waals surface area (Å²) in [5.74, 6) is 1.55. The average Bonchev–Trinajstić information content (AvgIpc) is 2.75. The molecule has 3 nitrogen and oxygen atoms in total. The standard InChI is InChI=1S/C17H27NO2/c1-13(15-7-5-3-4-6-8-15)18-12-14-9-10-16(19)17(11-14)20-2/h9-11,13,15,18-19H,3-8,12H2,1-2H3/t13-/m1/s1. The first-order valence-electron chi connectivity index (χ1n) is 7.80. The Hall–Kier alpha value is -1.22. The molecule has 20 heavy (non-hydrogen) atoms. The maximum Gasteiger partial charge on any atom is 0.160 e. The van der Waals surface area contributed by atoms with E-state index in [0.717, 1.165) is 18.0 Å². The van der Waals surface area contributed by atoms with Crippen LogP contribution in [0.1, 0.15) is 51.0 Å². The van der Waals surface area contributed by atoms with Crippen molar-refractivity contribution in [3.8, 4) is 11.5 Å². The van der Waals surface area contributed by atoms with Gasteiger partial charge < -0.3 is 15.2 Å². The third-order valence-electron chi connectivity index (χ3n) is 4.48. The number of rotatable bonds is 5. The molecule has 0 heterocycles. The SMILES string of the molecule is COc1cc(CN[C@H](C)C2CCCCCC2)ccc1O. The van der Waals surface area contributed by atoms with Gasteiger partial charge in [-0.05, 0) is 43.4 Å². The van der Waals surface area contributed by atoms with Crippen molar-refractivity contribution in [1.29, 1.82) is 0 Å². The molecule has 0 bridgehead atoms. The van der Waals surface area contributed by atoms with E-state index in [1.54, 1.807) is 13.2 Å². The topological polar surface area (TPSA) is 41.5 Å². The summed E-state index contributed by atoms with van der Waals surface area (Å²) in [5, 5.41) is 13.2. The normalized spacial score (nSPS) is 18.5. The van der Waals surface area contributed by atoms with Crippen molar-refractivity contribution >= 4 is 0 Å². The highest BCUT2D eigenvalue weighted by atomic mass is 16.5. The Balaban J connectivity index is 1.87. The molecule has 0 aliphatic heterocycles. The zero-order valence-electron chi connectivity index (χ0n) is 12.7. The van der Waals surface area contributed by atoms with Crippen LogP contribution in [0.25, 0.3) is 0 Å². The van der Waals surface area contributed by atoms with Crippen LogP contribution in [0, 0.1) is 5.92 Å². The van der Waals surface area contributed by atoms with Crippen molar-refractivity contribution in [3.05, 3.63) is 23.8 Å². The average molecular weight is 277 g/mol. The first-order chi connectivity index (χ1) is 9.70. The van der Waals surface area contributed by atoms with Gasteiger partial charge in [0.2, 0.25) is 0 Å². The van der Waals surface area contributed by atoms with Crippen molar-refractivity contribution in [2.45, 2.75) is 58.0 Å². The van der Waals surface area contributed by atoms with E-state index in [1.807, 2.05) is 12.1 Å². The second-order valence-electron chi connectivity index (χ2n) is 5.93. The summed E-state index contributed by atoms with van der Waals surface area (Å²) in [6.45, 7) is 3.13. The Morgan fingerprint density at radius 3 is 2.60 bits per heavy atom. The molecule has 3 heteroatoms. The van der Waals surface area contributed by atoms with Crippen LogP contribution >= 0.6 is 0 Å². The lowest BCUT2D eigenvalue weighted by atomic mass is 9.93. The Morgan fingerprint density at radius 2 is 1.95 bits per heavy atom. The summed E-state index contributed by atoms with van der Waals surface area (Å²) in [6.07, 6.45) is 8.27. The number of aromatic hydroxyl groups is 1. The number of nitrogens with one attached hydrogen (secondary N) is 1. The number of hydrogen-bond donors (Lipinski definition) is 2. The number of benzene rings is 1. The second kappa shape index (κ2) is 7.53. The summed E-state index contributed by atoms with van der Waals surface area (Å²) < 4.78 is 5.15. The smallest absolute Gasteiger partial charge is 0.160 e. The van der Waals surface area contributed by atoms with Gasteiger partial charge in [0, 0.05) is 12.6 Å². The number of ether oxygens (including phenoxy) is 1. The molecule has 0 amide bonds. The van der Waals surface area contributed by atoms with E-state index in [-0.39, 0.29) is 5.75 Å². The van der Waals surface area contributed by atoms with Crippen LogP contribution in [0.2, 0.25) is 0 Å². The van der Waals surface area contributed by atoms with E-state index in [4.69, 9.17) is 4.74 Å². The van der Waals surface area contributed by atoms with Gasteiger partial charge in [0.1, 0.15) is 0 Å². The van der Waals surface area contributed by atoms with Gasteiger partial charge in [0.15, 0.2) is 11.5 Å². The van der Waals surface area contributed by atoms with Crippen molar-refractivity contribution in [2.24, 2.45) is 5.92 Å². The third-order valence-corrected chi connectivity index (χ3v) is 4.48. The molecule has 0 saturated heterocycles. The van der Waals surface area contributed by atoms with Crippen molar-refractivity contribution in [3.63, 3.8) is 0 Å². The Labute approximate surface area is 122 Å². The lowest BCUT2D eigenvalue weighted by Gasteiger charge is -2.23. The summed E-state index contributed by atoms with van der Waals surface area (Å²) >= 11 is 0. The summed E-state index contributed by atoms with van der Waals surface area (Å²) in [7, 11) is 1.58. The zero-order valence-corrected chi connectivity index (χ0v) is 12.7. The highest BCUT2D eigenvalue weighted by Crippen LogP contribution is 2.27. The molecule has 1 aliphatic rings. The molecule has 2 rings (SSSR count). The molecular formula is C17H27NO2. The number of phenols is 1. The van der Waals surface area contributed by atoms with Gasteiger partial charge in [-0.1, -0.05) is 31.7 Å². The van der Waals surface area contributed by atoms with Crippen molar-refractivity contribution < 1.29 is 9.84 Å². The molecule has 1 aromatic carbocycles. The highest BCUT2D eigenvalue weighted by Gasteiger charge is 2.18. The van der Waals surface area contributed by atoms with E-state index < -0.39 is 0 Å². The lowest BCUT2D eigenvalue weighted by Crippen LogP contribution is -2.32. The number of phenolic OH excluding ortho intramolecular Hbond substituents is 1. The number of methoxy groups -OCH3 is 1. The molecule has 0 radical (unpaired) electrons. The second-order valence-corrected chi connectivity index (χ2v) is 5.93. The summed E-state index contributed by atoms with van der Waals surface area (Å²) in [5.41, 5.74) is 1.15. The molecule has 1 saturated carbocycles. The van der Waals surface area contributed by atoms with Gasteiger partial charge in [0.05, 0.1) is 7.11 Å². The zero-order chi connectivity index (χ0) is 14.4. The van der Waals surface area contributed by atoms with Crippen molar-refractivity contribution in [2.75, 3.05) is 7.11 Å². The van der Waals surface area contributed by atoms with Gasteiger partial charge >= 0.3 is 0 Å². The first-order valence-corrected chi connectivity index (χ1v) is 7.80. The van der Waals surface area contributed by atoms with Gasteiger partial charge in [-0.25, -0.2) is 0 Å². The molecule has 1 aliphatic carbocycles.